The van der Waals surface area contributed by atoms with E-state index < -0.39 is 0 Å². The molecule has 1 nitrogen and oxygen atoms in total. The molecular weight excluding hydrogens is 240 g/mol. The Morgan fingerprint density at radius 2 is 1.36 bits per heavy atom. The molecule has 0 atom stereocenters. The van der Waals surface area contributed by atoms with E-state index in [1.807, 2.05) is 6.92 Å². The Balaban J connectivity index is -0.000000180. The van der Waals surface area contributed by atoms with E-state index in [9.17, 15) is 0 Å². The van der Waals surface area contributed by atoms with Crippen molar-refractivity contribution in [1.82, 2.24) is 0 Å². The van der Waals surface area contributed by atoms with Crippen LogP contribution >= 0.6 is 11.6 Å². The molecule has 90 valence electrons. The average Bonchev–Trinajstić information content (AvgIpc) is 2.05. The van der Waals surface area contributed by atoms with Crippen molar-refractivity contribution in [3.8, 4) is 0 Å². The fraction of sp³-hybridized carbons (Fsp3) is 1.00. The molecule has 0 N–H and O–H groups in total. The minimum Gasteiger partial charge on any atom is -1.00 e. The minimum atomic E-state index is 0. The van der Waals surface area contributed by atoms with E-state index in [4.69, 9.17) is 11.6 Å². The van der Waals surface area contributed by atoms with Gasteiger partial charge in [-0.3, -0.25) is 0 Å². The highest BCUT2D eigenvalue weighted by Crippen LogP contribution is 2.12. The smallest absolute Gasteiger partial charge is 0.0782 e. The molecule has 0 aromatic carbocycles. The molecule has 0 aliphatic carbocycles. The maximum absolute atomic E-state index is 5.19. The first-order valence-electron chi connectivity index (χ1n) is 5.00. The van der Waals surface area contributed by atoms with Crippen LogP contribution in [0.3, 0.4) is 0 Å². The first kappa shape index (κ1) is 20.3. The van der Waals surface area contributed by atoms with Gasteiger partial charge in [-0.15, -0.1) is 11.6 Å². The number of hydrogen-bond acceptors (Lipinski definition) is 0. The molecule has 1 aliphatic rings. The van der Waals surface area contributed by atoms with Crippen molar-refractivity contribution < 1.29 is 29.3 Å². The van der Waals surface area contributed by atoms with Gasteiger partial charge in [0.15, 0.2) is 0 Å². The Kier molecular flexibility index (Phi) is 17.2. The molecule has 1 fully saturated rings. The van der Waals surface area contributed by atoms with Gasteiger partial charge in [-0.05, 0) is 25.7 Å². The SMILES string of the molecule is CCCCl.C[N+]1(C)CCCCC1.[Cl-].[Cl-]. The van der Waals surface area contributed by atoms with E-state index in [1.165, 1.54) is 36.8 Å². The van der Waals surface area contributed by atoms with Crippen LogP contribution in [0.4, 0.5) is 0 Å². The largest absolute Gasteiger partial charge is 1.00 e. The minimum absolute atomic E-state index is 0. The van der Waals surface area contributed by atoms with Gasteiger partial charge in [-0.25, -0.2) is 0 Å². The number of hydrogen-bond donors (Lipinski definition) is 0. The van der Waals surface area contributed by atoms with Crippen molar-refractivity contribution in [3.63, 3.8) is 0 Å². The Morgan fingerprint density at radius 1 is 1.00 bits per heavy atom. The molecule has 0 aromatic heterocycles. The molecule has 1 saturated heterocycles. The quantitative estimate of drug-likeness (QED) is 0.347. The van der Waals surface area contributed by atoms with E-state index >= 15 is 0 Å². The Labute approximate surface area is 107 Å². The number of quaternary nitrogens is 1. The fourth-order valence-corrected chi connectivity index (χ4v) is 1.37. The van der Waals surface area contributed by atoms with Crippen molar-refractivity contribution in [2.45, 2.75) is 32.6 Å². The zero-order valence-electron chi connectivity index (χ0n) is 9.53. The van der Waals surface area contributed by atoms with Crippen molar-refractivity contribution in [2.75, 3.05) is 33.1 Å². The van der Waals surface area contributed by atoms with E-state index in [-0.39, 0.29) is 24.8 Å². The number of piperidine rings is 1. The third kappa shape index (κ3) is 12.8. The van der Waals surface area contributed by atoms with Gasteiger partial charge in [-0.1, -0.05) is 6.92 Å². The van der Waals surface area contributed by atoms with Gasteiger partial charge < -0.3 is 29.3 Å². The monoisotopic (exact) mass is 262 g/mol. The number of likely N-dealkylation sites (tertiary alicyclic amines) is 1. The lowest BCUT2D eigenvalue weighted by Gasteiger charge is -2.33. The van der Waals surface area contributed by atoms with Crippen LogP contribution in [0.2, 0.25) is 0 Å². The van der Waals surface area contributed by atoms with Gasteiger partial charge in [0.05, 0.1) is 27.2 Å². The van der Waals surface area contributed by atoms with Crippen molar-refractivity contribution in [3.05, 3.63) is 0 Å². The number of rotatable bonds is 1. The molecule has 0 aromatic rings. The molecule has 4 heteroatoms. The lowest BCUT2D eigenvalue weighted by atomic mass is 10.1. The van der Waals surface area contributed by atoms with E-state index in [0.717, 1.165) is 12.3 Å². The van der Waals surface area contributed by atoms with Crippen LogP contribution in [0.1, 0.15) is 32.6 Å². The summed E-state index contributed by atoms with van der Waals surface area (Å²) in [6.45, 7) is 4.83. The Hall–Kier alpha value is 0.830. The van der Waals surface area contributed by atoms with Crippen molar-refractivity contribution in [2.24, 2.45) is 0 Å². The van der Waals surface area contributed by atoms with Gasteiger partial charge >= 0.3 is 0 Å². The number of nitrogens with zero attached hydrogens (tertiary/aromatic N) is 1. The molecular formula is C10H23Cl3N-. The normalized spacial score (nSPS) is 18.0. The van der Waals surface area contributed by atoms with Crippen LogP contribution in [-0.2, 0) is 0 Å². The summed E-state index contributed by atoms with van der Waals surface area (Å²) in [7, 11) is 4.64. The second-order valence-electron chi connectivity index (χ2n) is 4.13. The topological polar surface area (TPSA) is 0 Å². The van der Waals surface area contributed by atoms with Crippen molar-refractivity contribution >= 4 is 11.6 Å². The van der Waals surface area contributed by atoms with Gasteiger partial charge in [-0.2, -0.15) is 0 Å². The van der Waals surface area contributed by atoms with Crippen LogP contribution in [0.5, 0.6) is 0 Å². The summed E-state index contributed by atoms with van der Waals surface area (Å²) >= 11 is 5.19. The van der Waals surface area contributed by atoms with Crippen LogP contribution in [0, 0.1) is 0 Å². The first-order chi connectivity index (χ1) is 5.62. The highest BCUT2D eigenvalue weighted by atomic mass is 35.5. The van der Waals surface area contributed by atoms with Gasteiger partial charge in [0.2, 0.25) is 0 Å². The van der Waals surface area contributed by atoms with E-state index in [2.05, 4.69) is 14.1 Å². The van der Waals surface area contributed by atoms with E-state index in [1.54, 1.807) is 0 Å². The summed E-state index contributed by atoms with van der Waals surface area (Å²) in [6.07, 6.45) is 5.42. The number of halogens is 3. The lowest BCUT2D eigenvalue weighted by molar-refractivity contribution is -0.894. The zero-order valence-corrected chi connectivity index (χ0v) is 11.8. The van der Waals surface area contributed by atoms with Crippen molar-refractivity contribution in [1.29, 1.82) is 0 Å². The first-order valence-corrected chi connectivity index (χ1v) is 5.54. The Morgan fingerprint density at radius 3 is 1.50 bits per heavy atom. The second kappa shape index (κ2) is 11.9. The predicted molar refractivity (Wildman–Crippen MR) is 56.7 cm³/mol. The van der Waals surface area contributed by atoms with E-state index in [0.29, 0.717) is 0 Å². The maximum Gasteiger partial charge on any atom is 0.0782 e. The molecule has 0 spiro atoms. The highest BCUT2D eigenvalue weighted by molar-refractivity contribution is 6.17. The summed E-state index contributed by atoms with van der Waals surface area (Å²) in [4.78, 5) is 0. The molecule has 0 radical (unpaired) electrons. The number of alkyl halides is 1. The zero-order chi connectivity index (χ0) is 9.45. The third-order valence-corrected chi connectivity index (χ3v) is 2.59. The van der Waals surface area contributed by atoms with Gasteiger partial charge in [0, 0.05) is 5.88 Å². The second-order valence-corrected chi connectivity index (χ2v) is 4.51. The van der Waals surface area contributed by atoms with Gasteiger partial charge in [0.25, 0.3) is 0 Å². The summed E-state index contributed by atoms with van der Waals surface area (Å²) in [5, 5.41) is 0. The van der Waals surface area contributed by atoms with Gasteiger partial charge in [0.1, 0.15) is 0 Å². The van der Waals surface area contributed by atoms with Crippen LogP contribution in [0.25, 0.3) is 0 Å². The highest BCUT2D eigenvalue weighted by Gasteiger charge is 2.17. The fourth-order valence-electron chi connectivity index (χ4n) is 1.37. The third-order valence-electron chi connectivity index (χ3n) is 2.22. The van der Waals surface area contributed by atoms with Crippen LogP contribution in [-0.4, -0.2) is 37.5 Å². The average molecular weight is 264 g/mol. The molecule has 0 saturated carbocycles. The lowest BCUT2D eigenvalue weighted by Crippen LogP contribution is -3.00. The Bertz CT molecular complexity index is 97.5. The predicted octanol–water partition coefficient (Wildman–Crippen LogP) is -3.11. The van der Waals surface area contributed by atoms with Crippen LogP contribution in [0.15, 0.2) is 0 Å². The maximum atomic E-state index is 5.19. The molecule has 0 amide bonds. The molecule has 0 unspecified atom stereocenters. The summed E-state index contributed by atoms with van der Waals surface area (Å²) in [5.74, 6) is 0.792. The molecule has 14 heavy (non-hydrogen) atoms. The molecule has 1 aliphatic heterocycles. The standard InChI is InChI=1S/C7H16N.C3H7Cl.2ClH/c1-8(2)6-4-3-5-7-8;1-2-3-4;;/h3-7H2,1-2H3;2-3H2,1H3;2*1H/q+1;;;/p-2. The molecule has 1 rings (SSSR count). The van der Waals surface area contributed by atoms with Crippen LogP contribution < -0.4 is 24.8 Å². The molecule has 1 heterocycles. The summed E-state index contributed by atoms with van der Waals surface area (Å²) in [6, 6.07) is 0. The summed E-state index contributed by atoms with van der Waals surface area (Å²) in [5.41, 5.74) is 0. The molecule has 0 bridgehead atoms. The summed E-state index contributed by atoms with van der Waals surface area (Å²) < 4.78 is 1.25.